The van der Waals surface area contributed by atoms with Crippen molar-refractivity contribution in [2.24, 2.45) is 0 Å². The fourth-order valence-electron chi connectivity index (χ4n) is 2.29. The standard InChI is InChI=1S/C16H13ClN2O4S/c17-12-7-10(22-11-3-5-20-9-11)1-2-14(12)23-16-18-8-15(24-16)13-4-6-21-19-13/h1-2,4,6-8,11H,3,5,9H2. The molecule has 24 heavy (non-hydrogen) atoms. The molecule has 6 nitrogen and oxygen atoms in total. The molecular formula is C16H13ClN2O4S. The summed E-state index contributed by atoms with van der Waals surface area (Å²) >= 11 is 7.65. The number of benzene rings is 1. The Bertz CT molecular complexity index is 815. The Balaban J connectivity index is 1.46. The summed E-state index contributed by atoms with van der Waals surface area (Å²) in [7, 11) is 0. The first-order chi connectivity index (χ1) is 11.8. The number of hydrogen-bond acceptors (Lipinski definition) is 7. The van der Waals surface area contributed by atoms with Gasteiger partial charge < -0.3 is 18.7 Å². The van der Waals surface area contributed by atoms with E-state index >= 15 is 0 Å². The van der Waals surface area contributed by atoms with Crippen LogP contribution < -0.4 is 9.47 Å². The highest BCUT2D eigenvalue weighted by Gasteiger charge is 2.18. The molecule has 3 aromatic rings. The molecule has 0 spiro atoms. The largest absolute Gasteiger partial charge is 0.488 e. The average Bonchev–Trinajstić information content (AvgIpc) is 3.30. The van der Waals surface area contributed by atoms with Gasteiger partial charge in [0.15, 0.2) is 0 Å². The Morgan fingerprint density at radius 1 is 1.29 bits per heavy atom. The normalized spacial score (nSPS) is 17.1. The van der Waals surface area contributed by atoms with E-state index in [4.69, 9.17) is 30.3 Å². The topological polar surface area (TPSA) is 66.6 Å². The Morgan fingerprint density at radius 2 is 2.25 bits per heavy atom. The van der Waals surface area contributed by atoms with Gasteiger partial charge >= 0.3 is 0 Å². The minimum atomic E-state index is 0.0804. The summed E-state index contributed by atoms with van der Waals surface area (Å²) in [6.45, 7) is 1.34. The summed E-state index contributed by atoms with van der Waals surface area (Å²) in [5, 5.41) is 4.81. The van der Waals surface area contributed by atoms with E-state index in [9.17, 15) is 0 Å². The van der Waals surface area contributed by atoms with Crippen LogP contribution in [0.25, 0.3) is 10.6 Å². The first-order valence-corrected chi connectivity index (χ1v) is 8.56. The van der Waals surface area contributed by atoms with Gasteiger partial charge in [-0.2, -0.15) is 0 Å². The second-order valence-electron chi connectivity index (χ2n) is 5.17. The zero-order valence-corrected chi connectivity index (χ0v) is 14.0. The molecule has 2 aromatic heterocycles. The van der Waals surface area contributed by atoms with Crippen LogP contribution in [0.5, 0.6) is 16.7 Å². The summed E-state index contributed by atoms with van der Waals surface area (Å²) in [4.78, 5) is 5.08. The molecule has 0 aliphatic carbocycles. The van der Waals surface area contributed by atoms with Crippen LogP contribution in [-0.2, 0) is 4.74 Å². The van der Waals surface area contributed by atoms with Crippen LogP contribution in [0.15, 0.2) is 41.2 Å². The van der Waals surface area contributed by atoms with Crippen LogP contribution in [0.1, 0.15) is 6.42 Å². The highest BCUT2D eigenvalue weighted by atomic mass is 35.5. The lowest BCUT2D eigenvalue weighted by molar-refractivity contribution is 0.141. The second kappa shape index (κ2) is 6.80. The van der Waals surface area contributed by atoms with Crippen LogP contribution in [0, 0.1) is 0 Å². The van der Waals surface area contributed by atoms with Gasteiger partial charge in [-0.05, 0) is 12.1 Å². The Kier molecular flexibility index (Phi) is 4.38. The van der Waals surface area contributed by atoms with Gasteiger partial charge in [0.25, 0.3) is 5.19 Å². The van der Waals surface area contributed by atoms with E-state index in [1.807, 2.05) is 6.07 Å². The molecule has 0 N–H and O–H groups in total. The molecule has 124 valence electrons. The SMILES string of the molecule is Clc1cc(OC2CCOC2)ccc1Oc1ncc(-c2ccon2)s1. The molecule has 0 radical (unpaired) electrons. The van der Waals surface area contributed by atoms with Gasteiger partial charge in [0, 0.05) is 18.6 Å². The Labute approximate surface area is 146 Å². The van der Waals surface area contributed by atoms with E-state index in [0.29, 0.717) is 28.3 Å². The molecule has 0 amide bonds. The van der Waals surface area contributed by atoms with Gasteiger partial charge in [0.1, 0.15) is 29.6 Å². The highest BCUT2D eigenvalue weighted by molar-refractivity contribution is 7.16. The highest BCUT2D eigenvalue weighted by Crippen LogP contribution is 2.36. The molecule has 1 aromatic carbocycles. The molecule has 0 bridgehead atoms. The predicted octanol–water partition coefficient (Wildman–Crippen LogP) is 4.41. The van der Waals surface area contributed by atoms with Crippen molar-refractivity contribution in [1.82, 2.24) is 10.1 Å². The van der Waals surface area contributed by atoms with Crippen LogP contribution in [-0.4, -0.2) is 29.5 Å². The number of hydrogen-bond donors (Lipinski definition) is 0. The van der Waals surface area contributed by atoms with Gasteiger partial charge in [-0.15, -0.1) is 0 Å². The average molecular weight is 365 g/mol. The number of thiazole rings is 1. The number of halogens is 1. The molecule has 1 atom stereocenters. The lowest BCUT2D eigenvalue weighted by Gasteiger charge is -2.13. The van der Waals surface area contributed by atoms with Crippen molar-refractivity contribution < 1.29 is 18.7 Å². The minimum absolute atomic E-state index is 0.0804. The van der Waals surface area contributed by atoms with Gasteiger partial charge in [0.2, 0.25) is 0 Å². The van der Waals surface area contributed by atoms with Gasteiger partial charge in [-0.1, -0.05) is 28.1 Å². The summed E-state index contributed by atoms with van der Waals surface area (Å²) in [6.07, 6.45) is 4.17. The van der Waals surface area contributed by atoms with Gasteiger partial charge in [0.05, 0.1) is 29.3 Å². The maximum absolute atomic E-state index is 6.28. The van der Waals surface area contributed by atoms with Crippen molar-refractivity contribution in [3.8, 4) is 27.3 Å². The molecule has 8 heteroatoms. The lowest BCUT2D eigenvalue weighted by Crippen LogP contribution is -2.15. The van der Waals surface area contributed by atoms with E-state index in [2.05, 4.69) is 10.1 Å². The van der Waals surface area contributed by atoms with Crippen LogP contribution >= 0.6 is 22.9 Å². The first-order valence-electron chi connectivity index (χ1n) is 7.36. The van der Waals surface area contributed by atoms with Crippen molar-refractivity contribution in [3.63, 3.8) is 0 Å². The predicted molar refractivity (Wildman–Crippen MR) is 89.0 cm³/mol. The van der Waals surface area contributed by atoms with E-state index in [1.54, 1.807) is 24.4 Å². The first kappa shape index (κ1) is 15.4. The zero-order chi connectivity index (χ0) is 16.4. The summed E-state index contributed by atoms with van der Waals surface area (Å²) in [5.41, 5.74) is 0.718. The van der Waals surface area contributed by atoms with Crippen molar-refractivity contribution in [2.75, 3.05) is 13.2 Å². The molecule has 1 unspecified atom stereocenters. The van der Waals surface area contributed by atoms with E-state index in [1.165, 1.54) is 17.6 Å². The quantitative estimate of drug-likeness (QED) is 0.668. The lowest BCUT2D eigenvalue weighted by atomic mass is 10.3. The third-order valence-electron chi connectivity index (χ3n) is 3.47. The molecule has 1 fully saturated rings. The van der Waals surface area contributed by atoms with Gasteiger partial charge in [-0.25, -0.2) is 4.98 Å². The maximum atomic E-state index is 6.28. The van der Waals surface area contributed by atoms with Crippen LogP contribution in [0.4, 0.5) is 0 Å². The molecule has 4 rings (SSSR count). The molecule has 0 saturated carbocycles. The number of rotatable bonds is 5. The van der Waals surface area contributed by atoms with Crippen molar-refractivity contribution in [3.05, 3.63) is 41.7 Å². The number of aromatic nitrogens is 2. The Hall–Kier alpha value is -2.09. The molecule has 1 aliphatic rings. The number of nitrogens with zero attached hydrogens (tertiary/aromatic N) is 2. The molecule has 1 saturated heterocycles. The fourth-order valence-corrected chi connectivity index (χ4v) is 3.24. The summed E-state index contributed by atoms with van der Waals surface area (Å²) in [5.74, 6) is 1.22. The third-order valence-corrected chi connectivity index (χ3v) is 4.66. The third kappa shape index (κ3) is 3.38. The molecule has 3 heterocycles. The van der Waals surface area contributed by atoms with Crippen molar-refractivity contribution in [1.29, 1.82) is 0 Å². The summed E-state index contributed by atoms with van der Waals surface area (Å²) < 4.78 is 21.7. The number of ether oxygens (including phenoxy) is 3. The Morgan fingerprint density at radius 3 is 3.00 bits per heavy atom. The van der Waals surface area contributed by atoms with Crippen LogP contribution in [0.3, 0.4) is 0 Å². The van der Waals surface area contributed by atoms with E-state index in [0.717, 1.165) is 23.6 Å². The maximum Gasteiger partial charge on any atom is 0.279 e. The fraction of sp³-hybridized carbons (Fsp3) is 0.250. The zero-order valence-electron chi connectivity index (χ0n) is 12.5. The van der Waals surface area contributed by atoms with E-state index < -0.39 is 0 Å². The van der Waals surface area contributed by atoms with Crippen molar-refractivity contribution in [2.45, 2.75) is 12.5 Å². The molecule has 1 aliphatic heterocycles. The smallest absolute Gasteiger partial charge is 0.279 e. The second-order valence-corrected chi connectivity index (χ2v) is 6.57. The molecular weight excluding hydrogens is 352 g/mol. The van der Waals surface area contributed by atoms with Crippen LogP contribution in [0.2, 0.25) is 5.02 Å². The monoisotopic (exact) mass is 364 g/mol. The van der Waals surface area contributed by atoms with Gasteiger partial charge in [-0.3, -0.25) is 0 Å². The minimum Gasteiger partial charge on any atom is -0.488 e. The van der Waals surface area contributed by atoms with Crippen molar-refractivity contribution >= 4 is 22.9 Å². The van der Waals surface area contributed by atoms with E-state index in [-0.39, 0.29) is 6.10 Å². The summed E-state index contributed by atoms with van der Waals surface area (Å²) in [6, 6.07) is 7.10.